The number of ether oxygens (including phenoxy) is 2. The molecule has 1 atom stereocenters. The van der Waals surface area contributed by atoms with Crippen LogP contribution in [0.3, 0.4) is 0 Å². The third kappa shape index (κ3) is 3.28. The molecule has 1 aromatic rings. The van der Waals surface area contributed by atoms with E-state index in [2.05, 4.69) is 5.32 Å². The van der Waals surface area contributed by atoms with Gasteiger partial charge in [0.15, 0.2) is 0 Å². The zero-order chi connectivity index (χ0) is 14.7. The number of benzene rings is 1. The average molecular weight is 293 g/mol. The first-order chi connectivity index (χ1) is 10.2. The van der Waals surface area contributed by atoms with Crippen LogP contribution in [0.15, 0.2) is 18.2 Å². The van der Waals surface area contributed by atoms with Crippen molar-refractivity contribution in [2.45, 2.75) is 43.7 Å². The fourth-order valence-corrected chi connectivity index (χ4v) is 3.50. The van der Waals surface area contributed by atoms with Crippen molar-refractivity contribution in [3.05, 3.63) is 35.1 Å². The molecule has 1 heterocycles. The van der Waals surface area contributed by atoms with Crippen LogP contribution in [0.1, 0.15) is 42.9 Å². The van der Waals surface area contributed by atoms with Crippen molar-refractivity contribution >= 4 is 0 Å². The first-order valence-corrected chi connectivity index (χ1v) is 7.87. The van der Waals surface area contributed by atoms with Gasteiger partial charge in [-0.25, -0.2) is 4.39 Å². The number of rotatable bonds is 4. The first-order valence-electron chi connectivity index (χ1n) is 7.87. The maximum absolute atomic E-state index is 13.4. The van der Waals surface area contributed by atoms with Gasteiger partial charge < -0.3 is 14.8 Å². The molecule has 21 heavy (non-hydrogen) atoms. The van der Waals surface area contributed by atoms with Crippen molar-refractivity contribution in [2.75, 3.05) is 26.9 Å². The highest BCUT2D eigenvalue weighted by atomic mass is 19.1. The van der Waals surface area contributed by atoms with Crippen molar-refractivity contribution < 1.29 is 13.9 Å². The third-order valence-electron chi connectivity index (χ3n) is 4.93. The quantitative estimate of drug-likeness (QED) is 0.926. The lowest BCUT2D eigenvalue weighted by atomic mass is 9.86. The van der Waals surface area contributed by atoms with Gasteiger partial charge in [-0.05, 0) is 42.5 Å². The van der Waals surface area contributed by atoms with E-state index in [0.29, 0.717) is 6.04 Å². The minimum atomic E-state index is -0.132. The summed E-state index contributed by atoms with van der Waals surface area (Å²) in [5.41, 5.74) is 2.29. The number of halogens is 1. The Balaban J connectivity index is 1.69. The monoisotopic (exact) mass is 293 g/mol. The Morgan fingerprint density at radius 2 is 2.19 bits per heavy atom. The number of fused-ring (bicyclic) bond motifs is 1. The van der Waals surface area contributed by atoms with E-state index in [1.54, 1.807) is 19.2 Å². The summed E-state index contributed by atoms with van der Waals surface area (Å²) in [4.78, 5) is 0. The molecule has 3 nitrogen and oxygen atoms in total. The molecule has 0 aromatic heterocycles. The maximum Gasteiger partial charge on any atom is 0.123 e. The van der Waals surface area contributed by atoms with Crippen LogP contribution in [0.2, 0.25) is 0 Å². The van der Waals surface area contributed by atoms with Crippen LogP contribution in [0.4, 0.5) is 4.39 Å². The van der Waals surface area contributed by atoms with Crippen molar-refractivity contribution in [3.63, 3.8) is 0 Å². The number of hydrogen-bond acceptors (Lipinski definition) is 3. The van der Waals surface area contributed by atoms with Crippen LogP contribution in [0.5, 0.6) is 0 Å². The highest BCUT2D eigenvalue weighted by Gasteiger charge is 2.33. The van der Waals surface area contributed by atoms with Gasteiger partial charge >= 0.3 is 0 Å². The molecule has 1 aliphatic carbocycles. The van der Waals surface area contributed by atoms with E-state index < -0.39 is 0 Å². The van der Waals surface area contributed by atoms with Gasteiger partial charge in [-0.3, -0.25) is 0 Å². The van der Waals surface area contributed by atoms with Crippen molar-refractivity contribution in [1.82, 2.24) is 5.32 Å². The lowest BCUT2D eigenvalue weighted by molar-refractivity contribution is -0.0888. The Labute approximate surface area is 125 Å². The zero-order valence-corrected chi connectivity index (χ0v) is 12.7. The normalized spacial score (nSPS) is 24.6. The smallest absolute Gasteiger partial charge is 0.123 e. The molecule has 0 amide bonds. The van der Waals surface area contributed by atoms with E-state index in [0.717, 1.165) is 57.4 Å². The molecule has 2 aliphatic rings. The van der Waals surface area contributed by atoms with E-state index in [1.807, 2.05) is 6.07 Å². The Morgan fingerprint density at radius 1 is 1.38 bits per heavy atom. The topological polar surface area (TPSA) is 30.5 Å². The molecular formula is C17H24FNO2. The van der Waals surface area contributed by atoms with E-state index in [4.69, 9.17) is 9.47 Å². The summed E-state index contributed by atoms with van der Waals surface area (Å²) in [6, 6.07) is 5.50. The molecule has 1 aromatic carbocycles. The molecule has 1 saturated heterocycles. The summed E-state index contributed by atoms with van der Waals surface area (Å²) >= 11 is 0. The minimum absolute atomic E-state index is 0.115. The average Bonchev–Trinajstić information content (AvgIpc) is 2.53. The molecule has 0 bridgehead atoms. The molecule has 116 valence electrons. The summed E-state index contributed by atoms with van der Waals surface area (Å²) in [6.45, 7) is 2.36. The standard InChI is InChI=1S/C17H24FNO2/c1-20-17(7-9-21-10-8-17)12-19-16-4-2-3-13-11-14(18)5-6-15(13)16/h5-6,11,16,19H,2-4,7-10,12H2,1H3/t16-/m1/s1. The summed E-state index contributed by atoms with van der Waals surface area (Å²) in [6.07, 6.45) is 5.06. The summed E-state index contributed by atoms with van der Waals surface area (Å²) in [5, 5.41) is 3.66. The van der Waals surface area contributed by atoms with Gasteiger partial charge in [-0.15, -0.1) is 0 Å². The van der Waals surface area contributed by atoms with Crippen LogP contribution in [-0.4, -0.2) is 32.5 Å². The van der Waals surface area contributed by atoms with Gasteiger partial charge in [0.2, 0.25) is 0 Å². The second-order valence-electron chi connectivity index (χ2n) is 6.17. The van der Waals surface area contributed by atoms with E-state index in [1.165, 1.54) is 5.56 Å². The number of nitrogens with one attached hydrogen (secondary N) is 1. The molecule has 0 radical (unpaired) electrons. The maximum atomic E-state index is 13.4. The Morgan fingerprint density at radius 3 is 2.95 bits per heavy atom. The SMILES string of the molecule is COC1(CN[C@@H]2CCCc3cc(F)ccc32)CCOCC1. The number of methoxy groups -OCH3 is 1. The minimum Gasteiger partial charge on any atom is -0.381 e. The molecule has 0 saturated carbocycles. The van der Waals surface area contributed by atoms with Crippen LogP contribution in [-0.2, 0) is 15.9 Å². The lowest BCUT2D eigenvalue weighted by Crippen LogP contribution is -2.47. The number of hydrogen-bond donors (Lipinski definition) is 1. The number of aryl methyl sites for hydroxylation is 1. The van der Waals surface area contributed by atoms with Gasteiger partial charge in [0, 0.05) is 45.8 Å². The Hall–Kier alpha value is -0.970. The zero-order valence-electron chi connectivity index (χ0n) is 12.7. The van der Waals surface area contributed by atoms with Gasteiger partial charge in [-0.1, -0.05) is 6.07 Å². The summed E-state index contributed by atoms with van der Waals surface area (Å²) in [7, 11) is 1.79. The van der Waals surface area contributed by atoms with Gasteiger partial charge in [-0.2, -0.15) is 0 Å². The predicted molar refractivity (Wildman–Crippen MR) is 79.9 cm³/mol. The third-order valence-corrected chi connectivity index (χ3v) is 4.93. The van der Waals surface area contributed by atoms with E-state index in [9.17, 15) is 4.39 Å². The first kappa shape index (κ1) is 14.9. The molecule has 4 heteroatoms. The molecule has 0 unspecified atom stereocenters. The van der Waals surface area contributed by atoms with Crippen molar-refractivity contribution in [2.24, 2.45) is 0 Å². The van der Waals surface area contributed by atoms with Crippen LogP contribution >= 0.6 is 0 Å². The molecule has 3 rings (SSSR count). The lowest BCUT2D eigenvalue weighted by Gasteiger charge is -2.38. The van der Waals surface area contributed by atoms with Crippen LogP contribution < -0.4 is 5.32 Å². The fourth-order valence-electron chi connectivity index (χ4n) is 3.50. The second-order valence-corrected chi connectivity index (χ2v) is 6.17. The highest BCUT2D eigenvalue weighted by molar-refractivity contribution is 5.32. The van der Waals surface area contributed by atoms with E-state index in [-0.39, 0.29) is 11.4 Å². The molecular weight excluding hydrogens is 269 g/mol. The van der Waals surface area contributed by atoms with E-state index >= 15 is 0 Å². The second kappa shape index (κ2) is 6.42. The van der Waals surface area contributed by atoms with Gasteiger partial charge in [0.05, 0.1) is 5.60 Å². The van der Waals surface area contributed by atoms with Gasteiger partial charge in [0.1, 0.15) is 5.82 Å². The highest BCUT2D eigenvalue weighted by Crippen LogP contribution is 2.31. The van der Waals surface area contributed by atoms with Crippen molar-refractivity contribution in [3.8, 4) is 0 Å². The largest absolute Gasteiger partial charge is 0.381 e. The van der Waals surface area contributed by atoms with Crippen molar-refractivity contribution in [1.29, 1.82) is 0 Å². The predicted octanol–water partition coefficient (Wildman–Crippen LogP) is 2.99. The molecule has 1 N–H and O–H groups in total. The Kier molecular flexibility index (Phi) is 4.57. The summed E-state index contributed by atoms with van der Waals surface area (Å²) in [5.74, 6) is -0.132. The van der Waals surface area contributed by atoms with Gasteiger partial charge in [0.25, 0.3) is 0 Å². The fraction of sp³-hybridized carbons (Fsp3) is 0.647. The van der Waals surface area contributed by atoms with Crippen LogP contribution in [0, 0.1) is 5.82 Å². The Bertz CT molecular complexity index is 486. The molecule has 1 fully saturated rings. The van der Waals surface area contributed by atoms with Crippen LogP contribution in [0.25, 0.3) is 0 Å². The molecule has 0 spiro atoms. The molecule has 1 aliphatic heterocycles. The summed E-state index contributed by atoms with van der Waals surface area (Å²) < 4.78 is 24.6.